The summed E-state index contributed by atoms with van der Waals surface area (Å²) in [6.45, 7) is 1.48. The molecule has 7 heteroatoms. The molecule has 2 heterocycles. The lowest BCUT2D eigenvalue weighted by molar-refractivity contribution is 0.0625. The molecule has 2 aromatic rings. The molecule has 1 saturated carbocycles. The standard InChI is InChI=1S/C21H25FN2O3S/c1-28(26)16-6-4-14(5-7-16)17(12-13-8-10-27-11-9-13)21-23-18(20(22)24-21)19(25)15-2-3-15/h4-7,13,15,17H,2-3,8-12H2,1H3,(H,23,24). The molecule has 0 bridgehead atoms. The highest BCUT2D eigenvalue weighted by atomic mass is 32.2. The minimum absolute atomic E-state index is 0.0549. The molecule has 1 aromatic carbocycles. The average Bonchev–Trinajstić information content (AvgIpc) is 3.49. The average molecular weight is 405 g/mol. The number of hydrogen-bond acceptors (Lipinski definition) is 4. The van der Waals surface area contributed by atoms with Crippen molar-refractivity contribution in [2.24, 2.45) is 11.8 Å². The summed E-state index contributed by atoms with van der Waals surface area (Å²) in [7, 11) is -1.05. The number of aromatic amines is 1. The van der Waals surface area contributed by atoms with Crippen LogP contribution in [0.25, 0.3) is 0 Å². The summed E-state index contributed by atoms with van der Waals surface area (Å²) in [5.41, 5.74) is 0.931. The summed E-state index contributed by atoms with van der Waals surface area (Å²) >= 11 is 0. The normalized spacial score (nSPS) is 20.1. The number of benzene rings is 1. The molecule has 1 saturated heterocycles. The van der Waals surface area contributed by atoms with Gasteiger partial charge in [-0.05, 0) is 55.7 Å². The number of rotatable bonds is 7. The van der Waals surface area contributed by atoms with Crippen LogP contribution in [0.5, 0.6) is 0 Å². The van der Waals surface area contributed by atoms with Crippen LogP contribution in [0.4, 0.5) is 4.39 Å². The van der Waals surface area contributed by atoms with Crippen LogP contribution in [-0.2, 0) is 15.5 Å². The highest BCUT2D eigenvalue weighted by Crippen LogP contribution is 2.36. The van der Waals surface area contributed by atoms with Crippen LogP contribution < -0.4 is 0 Å². The van der Waals surface area contributed by atoms with E-state index in [-0.39, 0.29) is 23.3 Å². The number of nitrogens with one attached hydrogen (secondary N) is 1. The summed E-state index contributed by atoms with van der Waals surface area (Å²) in [6, 6.07) is 7.56. The van der Waals surface area contributed by atoms with Crippen molar-refractivity contribution in [3.63, 3.8) is 0 Å². The zero-order valence-corrected chi connectivity index (χ0v) is 16.8. The van der Waals surface area contributed by atoms with E-state index >= 15 is 0 Å². The zero-order valence-electron chi connectivity index (χ0n) is 15.9. The van der Waals surface area contributed by atoms with Gasteiger partial charge in [0.15, 0.2) is 11.5 Å². The van der Waals surface area contributed by atoms with Crippen LogP contribution >= 0.6 is 0 Å². The summed E-state index contributed by atoms with van der Waals surface area (Å²) in [6.07, 6.45) is 6.02. The van der Waals surface area contributed by atoms with Crippen molar-refractivity contribution in [1.29, 1.82) is 0 Å². The van der Waals surface area contributed by atoms with E-state index in [1.54, 1.807) is 6.26 Å². The minimum Gasteiger partial charge on any atom is -0.381 e. The molecule has 2 unspecified atom stereocenters. The molecule has 2 atom stereocenters. The van der Waals surface area contributed by atoms with Gasteiger partial charge >= 0.3 is 0 Å². The van der Waals surface area contributed by atoms with E-state index in [0.717, 1.165) is 55.8 Å². The van der Waals surface area contributed by atoms with Crippen molar-refractivity contribution in [1.82, 2.24) is 9.97 Å². The van der Waals surface area contributed by atoms with E-state index in [1.807, 2.05) is 24.3 Å². The Kier molecular flexibility index (Phi) is 5.73. The van der Waals surface area contributed by atoms with E-state index in [2.05, 4.69) is 9.97 Å². The smallest absolute Gasteiger partial charge is 0.222 e. The molecule has 2 fully saturated rings. The van der Waals surface area contributed by atoms with E-state index < -0.39 is 16.7 Å². The SMILES string of the molecule is CS(=O)c1ccc(C(CC2CCOCC2)c2nc(C(=O)C3CC3)c(F)[nH]2)cc1. The number of aromatic nitrogens is 2. The van der Waals surface area contributed by atoms with Crippen LogP contribution in [0.2, 0.25) is 0 Å². The number of nitrogens with zero attached hydrogens (tertiary/aromatic N) is 1. The Bertz CT molecular complexity index is 870. The minimum atomic E-state index is -1.05. The second kappa shape index (κ2) is 8.25. The van der Waals surface area contributed by atoms with Crippen molar-refractivity contribution in [3.05, 3.63) is 47.3 Å². The molecule has 5 nitrogen and oxygen atoms in total. The van der Waals surface area contributed by atoms with Crippen molar-refractivity contribution >= 4 is 16.6 Å². The van der Waals surface area contributed by atoms with Gasteiger partial charge in [0.05, 0.1) is 0 Å². The third-order valence-corrected chi connectivity index (χ3v) is 6.65. The van der Waals surface area contributed by atoms with Gasteiger partial charge in [-0.25, -0.2) is 4.98 Å². The summed E-state index contributed by atoms with van der Waals surface area (Å²) < 4.78 is 31.6. The van der Waals surface area contributed by atoms with Crippen molar-refractivity contribution < 1.29 is 18.1 Å². The highest BCUT2D eigenvalue weighted by Gasteiger charge is 2.35. The number of halogens is 1. The van der Waals surface area contributed by atoms with E-state index in [4.69, 9.17) is 4.74 Å². The van der Waals surface area contributed by atoms with Crippen molar-refractivity contribution in [3.8, 4) is 0 Å². The lowest BCUT2D eigenvalue weighted by Crippen LogP contribution is -2.19. The zero-order chi connectivity index (χ0) is 19.7. The number of carbonyl (C=O) groups excluding carboxylic acids is 1. The van der Waals surface area contributed by atoms with Gasteiger partial charge < -0.3 is 9.72 Å². The molecule has 1 aliphatic carbocycles. The first-order chi connectivity index (χ1) is 13.5. The number of ketones is 1. The fraction of sp³-hybridized carbons (Fsp3) is 0.524. The van der Waals surface area contributed by atoms with Gasteiger partial charge in [0.25, 0.3) is 0 Å². The van der Waals surface area contributed by atoms with Gasteiger partial charge in [-0.2, -0.15) is 4.39 Å². The quantitative estimate of drug-likeness (QED) is 0.712. The Balaban J connectivity index is 1.64. The Morgan fingerprint density at radius 1 is 1.25 bits per heavy atom. The molecule has 1 aromatic heterocycles. The van der Waals surface area contributed by atoms with Gasteiger partial charge in [0.1, 0.15) is 5.82 Å². The number of ether oxygens (including phenoxy) is 1. The first-order valence-corrected chi connectivity index (χ1v) is 11.4. The number of hydrogen-bond donors (Lipinski definition) is 1. The third-order valence-electron chi connectivity index (χ3n) is 5.71. The van der Waals surface area contributed by atoms with Crippen LogP contribution in [0.1, 0.15) is 59.9 Å². The molecular formula is C21H25FN2O3S. The van der Waals surface area contributed by atoms with Gasteiger partial charge in [-0.1, -0.05) is 12.1 Å². The van der Waals surface area contributed by atoms with Crippen LogP contribution in [-0.4, -0.2) is 39.4 Å². The first-order valence-electron chi connectivity index (χ1n) is 9.83. The molecular weight excluding hydrogens is 379 g/mol. The Morgan fingerprint density at radius 2 is 1.93 bits per heavy atom. The Labute approximate surface area is 166 Å². The van der Waals surface area contributed by atoms with Gasteiger partial charge in [0.2, 0.25) is 5.95 Å². The van der Waals surface area contributed by atoms with Crippen LogP contribution in [0.3, 0.4) is 0 Å². The number of Topliss-reactive ketones (excluding diaryl/α,β-unsaturated/α-hetero) is 1. The van der Waals surface area contributed by atoms with Gasteiger partial charge in [-0.15, -0.1) is 0 Å². The molecule has 4 rings (SSSR count). The predicted octanol–water partition coefficient (Wildman–Crippen LogP) is 3.83. The first kappa shape index (κ1) is 19.5. The third kappa shape index (κ3) is 4.25. The highest BCUT2D eigenvalue weighted by molar-refractivity contribution is 7.84. The summed E-state index contributed by atoms with van der Waals surface area (Å²) in [4.78, 5) is 20.2. The fourth-order valence-electron chi connectivity index (χ4n) is 3.85. The lowest BCUT2D eigenvalue weighted by Gasteiger charge is -2.26. The molecule has 2 aliphatic rings. The predicted molar refractivity (Wildman–Crippen MR) is 104 cm³/mol. The topological polar surface area (TPSA) is 72.0 Å². The molecule has 28 heavy (non-hydrogen) atoms. The molecule has 0 radical (unpaired) electrons. The maximum absolute atomic E-state index is 14.5. The summed E-state index contributed by atoms with van der Waals surface area (Å²) in [5, 5.41) is 0. The maximum Gasteiger partial charge on any atom is 0.222 e. The van der Waals surface area contributed by atoms with Crippen molar-refractivity contribution in [2.75, 3.05) is 19.5 Å². The van der Waals surface area contributed by atoms with Crippen LogP contribution in [0.15, 0.2) is 29.2 Å². The molecule has 1 aliphatic heterocycles. The van der Waals surface area contributed by atoms with E-state index in [1.165, 1.54) is 0 Å². The van der Waals surface area contributed by atoms with E-state index in [9.17, 15) is 13.4 Å². The van der Waals surface area contributed by atoms with Crippen molar-refractivity contribution in [2.45, 2.75) is 42.9 Å². The van der Waals surface area contributed by atoms with Crippen LogP contribution in [0, 0.1) is 17.8 Å². The Morgan fingerprint density at radius 3 is 2.54 bits per heavy atom. The van der Waals surface area contributed by atoms with Gasteiger partial charge in [0, 0.05) is 47.0 Å². The fourth-order valence-corrected chi connectivity index (χ4v) is 4.37. The Hall–Kier alpha value is -1.86. The summed E-state index contributed by atoms with van der Waals surface area (Å²) in [5.74, 6) is -0.0827. The van der Waals surface area contributed by atoms with Gasteiger partial charge in [-0.3, -0.25) is 9.00 Å². The van der Waals surface area contributed by atoms with E-state index in [0.29, 0.717) is 11.7 Å². The number of imidazole rings is 1. The molecule has 0 amide bonds. The number of H-pyrrole nitrogens is 1. The largest absolute Gasteiger partial charge is 0.381 e. The second-order valence-electron chi connectivity index (χ2n) is 7.79. The monoisotopic (exact) mass is 404 g/mol. The second-order valence-corrected chi connectivity index (χ2v) is 9.17. The molecule has 1 N–H and O–H groups in total. The maximum atomic E-state index is 14.5. The molecule has 150 valence electrons. The number of carbonyl (C=O) groups is 1. The molecule has 0 spiro atoms. The lowest BCUT2D eigenvalue weighted by atomic mass is 9.84.